The van der Waals surface area contributed by atoms with Gasteiger partial charge in [-0.3, -0.25) is 0 Å². The van der Waals surface area contributed by atoms with Gasteiger partial charge in [-0.15, -0.1) is 0 Å². The summed E-state index contributed by atoms with van der Waals surface area (Å²) < 4.78 is 7.25. The molecular formula is C15H18BrNO. The van der Waals surface area contributed by atoms with Gasteiger partial charge in [-0.05, 0) is 49.9 Å². The monoisotopic (exact) mass is 307 g/mol. The zero-order valence-corrected chi connectivity index (χ0v) is 12.4. The molecule has 0 atom stereocenters. The predicted octanol–water partition coefficient (Wildman–Crippen LogP) is 4.49. The molecule has 1 saturated carbocycles. The normalized spacial score (nSPS) is 15.5. The number of fused-ring (bicyclic) bond motifs is 1. The van der Waals surface area contributed by atoms with Gasteiger partial charge in [0.15, 0.2) is 0 Å². The molecular weight excluding hydrogens is 290 g/mol. The summed E-state index contributed by atoms with van der Waals surface area (Å²) in [4.78, 5) is 0. The van der Waals surface area contributed by atoms with E-state index in [1.165, 1.54) is 29.4 Å². The molecule has 0 spiro atoms. The Balaban J connectivity index is 2.16. The number of hydrogen-bond acceptors (Lipinski definition) is 2. The lowest BCUT2D eigenvalue weighted by atomic mass is 10.0. The molecule has 0 bridgehead atoms. The Morgan fingerprint density at radius 3 is 2.83 bits per heavy atom. The summed E-state index contributed by atoms with van der Waals surface area (Å²) in [5.41, 5.74) is 3.72. The zero-order chi connectivity index (χ0) is 12.7. The van der Waals surface area contributed by atoms with Crippen LogP contribution in [0.15, 0.2) is 21.0 Å². The average Bonchev–Trinajstić information content (AvgIpc) is 3.09. The largest absolute Gasteiger partial charge is 0.459 e. The lowest BCUT2D eigenvalue weighted by Gasteiger charge is -2.01. The van der Waals surface area contributed by atoms with E-state index in [0.29, 0.717) is 5.92 Å². The van der Waals surface area contributed by atoms with E-state index in [9.17, 15) is 0 Å². The van der Waals surface area contributed by atoms with E-state index >= 15 is 0 Å². The van der Waals surface area contributed by atoms with Crippen molar-refractivity contribution in [2.45, 2.75) is 39.2 Å². The molecule has 0 unspecified atom stereocenters. The van der Waals surface area contributed by atoms with Crippen molar-refractivity contribution < 1.29 is 4.42 Å². The SMILES string of the molecule is CCNCc1oc2c(C)cc(Br)cc2c1C1CC1. The summed E-state index contributed by atoms with van der Waals surface area (Å²) in [6.45, 7) is 6.06. The fourth-order valence-electron chi connectivity index (χ4n) is 2.58. The minimum Gasteiger partial charge on any atom is -0.459 e. The lowest BCUT2D eigenvalue weighted by molar-refractivity contribution is 0.512. The van der Waals surface area contributed by atoms with E-state index in [0.717, 1.165) is 28.9 Å². The second-order valence-corrected chi connectivity index (χ2v) is 6.01. The van der Waals surface area contributed by atoms with Crippen molar-refractivity contribution in [1.82, 2.24) is 5.32 Å². The van der Waals surface area contributed by atoms with Crippen LogP contribution in [0, 0.1) is 6.92 Å². The first-order valence-corrected chi connectivity index (χ1v) is 7.42. The van der Waals surface area contributed by atoms with Crippen molar-refractivity contribution >= 4 is 26.9 Å². The quantitative estimate of drug-likeness (QED) is 0.900. The van der Waals surface area contributed by atoms with Crippen LogP contribution in [0.4, 0.5) is 0 Å². The van der Waals surface area contributed by atoms with Crippen molar-refractivity contribution in [3.63, 3.8) is 0 Å². The van der Waals surface area contributed by atoms with Crippen molar-refractivity contribution in [2.24, 2.45) is 0 Å². The van der Waals surface area contributed by atoms with Crippen molar-refractivity contribution in [2.75, 3.05) is 6.54 Å². The Morgan fingerprint density at radius 2 is 2.17 bits per heavy atom. The fraction of sp³-hybridized carbons (Fsp3) is 0.467. The number of hydrogen-bond donors (Lipinski definition) is 1. The van der Waals surface area contributed by atoms with Crippen LogP contribution in [-0.4, -0.2) is 6.54 Å². The molecule has 3 heteroatoms. The molecule has 0 amide bonds. The lowest BCUT2D eigenvalue weighted by Crippen LogP contribution is -2.12. The molecule has 96 valence electrons. The number of halogens is 1. The molecule has 0 aliphatic heterocycles. The van der Waals surface area contributed by atoms with Gasteiger partial charge in [-0.25, -0.2) is 0 Å². The number of aryl methyl sites for hydroxylation is 1. The Kier molecular flexibility index (Phi) is 3.20. The molecule has 18 heavy (non-hydrogen) atoms. The van der Waals surface area contributed by atoms with Crippen molar-refractivity contribution in [1.29, 1.82) is 0 Å². The highest BCUT2D eigenvalue weighted by atomic mass is 79.9. The maximum atomic E-state index is 6.10. The highest BCUT2D eigenvalue weighted by Crippen LogP contribution is 2.47. The van der Waals surface area contributed by atoms with E-state index in [-0.39, 0.29) is 0 Å². The van der Waals surface area contributed by atoms with Crippen LogP contribution in [0.2, 0.25) is 0 Å². The van der Waals surface area contributed by atoms with Gasteiger partial charge in [0.25, 0.3) is 0 Å². The van der Waals surface area contributed by atoms with Crippen LogP contribution in [0.5, 0.6) is 0 Å². The zero-order valence-electron chi connectivity index (χ0n) is 10.8. The van der Waals surface area contributed by atoms with Crippen LogP contribution < -0.4 is 5.32 Å². The molecule has 1 fully saturated rings. The summed E-state index contributed by atoms with van der Waals surface area (Å²) in [5, 5.41) is 4.68. The molecule has 3 rings (SSSR count). The molecule has 2 nitrogen and oxygen atoms in total. The molecule has 1 heterocycles. The summed E-state index contributed by atoms with van der Waals surface area (Å²) in [6, 6.07) is 4.33. The summed E-state index contributed by atoms with van der Waals surface area (Å²) in [6.07, 6.45) is 2.61. The standard InChI is InChI=1S/C15H18BrNO/c1-3-17-8-13-14(10-4-5-10)12-7-11(16)6-9(2)15(12)18-13/h6-7,10,17H,3-5,8H2,1-2H3. The van der Waals surface area contributed by atoms with Gasteiger partial charge in [-0.2, -0.15) is 0 Å². The highest BCUT2D eigenvalue weighted by Gasteiger charge is 2.31. The first-order chi connectivity index (χ1) is 8.70. The number of rotatable bonds is 4. The van der Waals surface area contributed by atoms with Crippen LogP contribution in [0.3, 0.4) is 0 Å². The maximum Gasteiger partial charge on any atom is 0.137 e. The minimum absolute atomic E-state index is 0.716. The summed E-state index contributed by atoms with van der Waals surface area (Å²) >= 11 is 3.59. The van der Waals surface area contributed by atoms with E-state index in [1.807, 2.05) is 0 Å². The Morgan fingerprint density at radius 1 is 1.39 bits per heavy atom. The third kappa shape index (κ3) is 2.10. The summed E-state index contributed by atoms with van der Waals surface area (Å²) in [7, 11) is 0. The molecule has 2 aromatic rings. The van der Waals surface area contributed by atoms with E-state index in [2.05, 4.69) is 47.2 Å². The minimum atomic E-state index is 0.716. The van der Waals surface area contributed by atoms with Crippen LogP contribution in [0.1, 0.15) is 42.6 Å². The molecule has 1 aromatic carbocycles. The first kappa shape index (κ1) is 12.2. The number of benzene rings is 1. The van der Waals surface area contributed by atoms with Crippen molar-refractivity contribution in [3.05, 3.63) is 33.5 Å². The first-order valence-electron chi connectivity index (χ1n) is 6.62. The topological polar surface area (TPSA) is 25.2 Å². The number of nitrogens with one attached hydrogen (secondary N) is 1. The molecule has 1 aliphatic rings. The van der Waals surface area contributed by atoms with Gasteiger partial charge in [0.05, 0.1) is 6.54 Å². The smallest absolute Gasteiger partial charge is 0.137 e. The van der Waals surface area contributed by atoms with Gasteiger partial charge in [0.1, 0.15) is 11.3 Å². The molecule has 1 N–H and O–H groups in total. The average molecular weight is 308 g/mol. The van der Waals surface area contributed by atoms with Gasteiger partial charge >= 0.3 is 0 Å². The third-order valence-corrected chi connectivity index (χ3v) is 4.03. The Bertz CT molecular complexity index is 584. The fourth-order valence-corrected chi connectivity index (χ4v) is 3.16. The third-order valence-electron chi connectivity index (χ3n) is 3.58. The van der Waals surface area contributed by atoms with Crippen LogP contribution in [-0.2, 0) is 6.54 Å². The van der Waals surface area contributed by atoms with Crippen LogP contribution in [0.25, 0.3) is 11.0 Å². The van der Waals surface area contributed by atoms with E-state index in [1.54, 1.807) is 0 Å². The van der Waals surface area contributed by atoms with Crippen molar-refractivity contribution in [3.8, 4) is 0 Å². The molecule has 0 saturated heterocycles. The molecule has 1 aliphatic carbocycles. The summed E-state index contributed by atoms with van der Waals surface area (Å²) in [5.74, 6) is 1.85. The van der Waals surface area contributed by atoms with Gasteiger partial charge in [0, 0.05) is 15.4 Å². The number of furan rings is 1. The Labute approximate surface area is 116 Å². The predicted molar refractivity (Wildman–Crippen MR) is 78.0 cm³/mol. The van der Waals surface area contributed by atoms with E-state index < -0.39 is 0 Å². The Hall–Kier alpha value is -0.800. The van der Waals surface area contributed by atoms with E-state index in [4.69, 9.17) is 4.42 Å². The second-order valence-electron chi connectivity index (χ2n) is 5.09. The van der Waals surface area contributed by atoms with Crippen LogP contribution >= 0.6 is 15.9 Å². The second kappa shape index (κ2) is 4.71. The molecule has 0 radical (unpaired) electrons. The highest BCUT2D eigenvalue weighted by molar-refractivity contribution is 9.10. The maximum absolute atomic E-state index is 6.10. The van der Waals surface area contributed by atoms with Gasteiger partial charge < -0.3 is 9.73 Å². The molecule has 1 aromatic heterocycles. The van der Waals surface area contributed by atoms with Gasteiger partial charge in [0.2, 0.25) is 0 Å². The van der Waals surface area contributed by atoms with Gasteiger partial charge in [-0.1, -0.05) is 22.9 Å².